The number of unbranched alkanes of at least 4 members (excludes halogenated alkanes) is 1. The minimum atomic E-state index is -0.454. The Bertz CT molecular complexity index is 1130. The Morgan fingerprint density at radius 2 is 2.10 bits per heavy atom. The maximum absolute atomic E-state index is 14.0. The molecule has 2 N–H and O–H groups in total. The van der Waals surface area contributed by atoms with Gasteiger partial charge in [-0.3, -0.25) is 14.3 Å². The van der Waals surface area contributed by atoms with Crippen molar-refractivity contribution in [3.05, 3.63) is 56.2 Å². The monoisotopic (exact) mass is 403 g/mol. The molecule has 0 fully saturated rings. The zero-order valence-electron chi connectivity index (χ0n) is 17.1. The van der Waals surface area contributed by atoms with Crippen molar-refractivity contribution in [2.24, 2.45) is 7.05 Å². The van der Waals surface area contributed by atoms with E-state index in [-0.39, 0.29) is 11.8 Å². The van der Waals surface area contributed by atoms with Crippen molar-refractivity contribution < 1.29 is 9.13 Å². The molecule has 29 heavy (non-hydrogen) atoms. The lowest BCUT2D eigenvalue weighted by atomic mass is 10.1. The third kappa shape index (κ3) is 4.09. The number of H-pyrrole nitrogens is 1. The van der Waals surface area contributed by atoms with Crippen LogP contribution in [0.2, 0.25) is 0 Å². The van der Waals surface area contributed by atoms with Gasteiger partial charge in [-0.25, -0.2) is 14.2 Å². The predicted octanol–water partition coefficient (Wildman–Crippen LogP) is 2.22. The second kappa shape index (κ2) is 8.60. The number of hydrogen-bond acceptors (Lipinski definition) is 5. The van der Waals surface area contributed by atoms with Crippen LogP contribution in [0.15, 0.2) is 27.8 Å². The van der Waals surface area contributed by atoms with E-state index in [9.17, 15) is 14.0 Å². The molecule has 3 aromatic rings. The maximum atomic E-state index is 14.0. The van der Waals surface area contributed by atoms with E-state index in [1.54, 1.807) is 23.7 Å². The minimum Gasteiger partial charge on any atom is -0.494 e. The highest BCUT2D eigenvalue weighted by Gasteiger charge is 2.17. The Kier molecular flexibility index (Phi) is 6.17. The summed E-state index contributed by atoms with van der Waals surface area (Å²) in [6, 6.07) is 4.65. The summed E-state index contributed by atoms with van der Waals surface area (Å²) in [5.41, 5.74) is 0.606. The van der Waals surface area contributed by atoms with Crippen LogP contribution in [0.5, 0.6) is 5.75 Å². The van der Waals surface area contributed by atoms with Crippen LogP contribution in [0, 0.1) is 5.82 Å². The Morgan fingerprint density at radius 3 is 2.76 bits per heavy atom. The molecule has 0 aliphatic rings. The fourth-order valence-corrected chi connectivity index (χ4v) is 3.29. The van der Waals surface area contributed by atoms with Crippen molar-refractivity contribution in [3.63, 3.8) is 0 Å². The summed E-state index contributed by atoms with van der Waals surface area (Å²) in [7, 11) is 3.17. The molecule has 1 atom stereocenters. The average Bonchev–Trinajstić information content (AvgIpc) is 3.02. The van der Waals surface area contributed by atoms with Crippen LogP contribution in [0.25, 0.3) is 11.2 Å². The van der Waals surface area contributed by atoms with Gasteiger partial charge in [0.15, 0.2) is 22.7 Å². The first-order valence-electron chi connectivity index (χ1n) is 9.62. The van der Waals surface area contributed by atoms with Gasteiger partial charge in [-0.1, -0.05) is 19.4 Å². The largest absolute Gasteiger partial charge is 0.494 e. The van der Waals surface area contributed by atoms with Gasteiger partial charge in [0.2, 0.25) is 0 Å². The molecule has 0 saturated heterocycles. The summed E-state index contributed by atoms with van der Waals surface area (Å²) >= 11 is 0. The molecule has 0 aliphatic carbocycles. The molecule has 2 aromatic heterocycles. The zero-order valence-corrected chi connectivity index (χ0v) is 17.1. The number of fused-ring (bicyclic) bond motifs is 1. The zero-order chi connectivity index (χ0) is 21.1. The lowest BCUT2D eigenvalue weighted by Gasteiger charge is -2.15. The summed E-state index contributed by atoms with van der Waals surface area (Å²) < 4.78 is 22.1. The molecule has 9 heteroatoms. The molecule has 0 spiro atoms. The highest BCUT2D eigenvalue weighted by Crippen LogP contribution is 2.22. The highest BCUT2D eigenvalue weighted by atomic mass is 19.1. The van der Waals surface area contributed by atoms with E-state index >= 15 is 0 Å². The van der Waals surface area contributed by atoms with E-state index in [0.717, 1.165) is 18.4 Å². The Hall–Kier alpha value is -2.94. The van der Waals surface area contributed by atoms with Gasteiger partial charge in [-0.05, 0) is 31.0 Å². The summed E-state index contributed by atoms with van der Waals surface area (Å²) in [6.45, 7) is 4.79. The normalized spacial score (nSPS) is 12.4. The number of aromatic nitrogens is 4. The number of hydrogen-bond donors (Lipinski definition) is 2. The molecule has 156 valence electrons. The number of nitrogens with one attached hydrogen (secondary N) is 2. The topological polar surface area (TPSA) is 93.9 Å². The van der Waals surface area contributed by atoms with Gasteiger partial charge in [0.05, 0.1) is 13.7 Å². The molecule has 1 unspecified atom stereocenters. The first kappa shape index (κ1) is 20.8. The van der Waals surface area contributed by atoms with Gasteiger partial charge in [0.1, 0.15) is 5.82 Å². The quantitative estimate of drug-likeness (QED) is 0.602. The van der Waals surface area contributed by atoms with Crippen LogP contribution >= 0.6 is 0 Å². The fraction of sp³-hybridized carbons (Fsp3) is 0.450. The smallest absolute Gasteiger partial charge is 0.330 e. The van der Waals surface area contributed by atoms with Crippen molar-refractivity contribution in [3.8, 4) is 5.75 Å². The number of nitrogens with zero attached hydrogens (tertiary/aromatic N) is 3. The SMILES string of the molecule is CCCCn1c(=O)[nH]c(=O)c2c1nc(CNC(C)c1ccc(OC)c(F)c1)n2C. The molecule has 0 bridgehead atoms. The lowest BCUT2D eigenvalue weighted by molar-refractivity contribution is 0.385. The van der Waals surface area contributed by atoms with Crippen LogP contribution in [0.4, 0.5) is 4.39 Å². The van der Waals surface area contributed by atoms with Crippen LogP contribution in [-0.2, 0) is 20.1 Å². The first-order chi connectivity index (χ1) is 13.9. The summed E-state index contributed by atoms with van der Waals surface area (Å²) in [5.74, 6) is 0.385. The Morgan fingerprint density at radius 1 is 1.34 bits per heavy atom. The number of benzene rings is 1. The third-order valence-corrected chi connectivity index (χ3v) is 5.08. The molecular formula is C20H26FN5O3. The van der Waals surface area contributed by atoms with Crippen molar-refractivity contribution in [1.29, 1.82) is 0 Å². The lowest BCUT2D eigenvalue weighted by Crippen LogP contribution is -2.31. The van der Waals surface area contributed by atoms with Gasteiger partial charge >= 0.3 is 5.69 Å². The number of aromatic amines is 1. The number of aryl methyl sites for hydroxylation is 2. The van der Waals surface area contributed by atoms with Crippen LogP contribution in [0.3, 0.4) is 0 Å². The summed E-state index contributed by atoms with van der Waals surface area (Å²) in [5, 5.41) is 3.29. The standard InChI is InChI=1S/C20H26FN5O3/c1-5-6-9-26-18-17(19(27)24-20(26)28)25(3)16(23-18)11-22-12(2)13-7-8-15(29-4)14(21)10-13/h7-8,10,12,22H,5-6,9,11H2,1-4H3,(H,24,27,28). The molecule has 0 amide bonds. The van der Waals surface area contributed by atoms with Crippen LogP contribution in [0.1, 0.15) is 44.1 Å². The van der Waals surface area contributed by atoms with Gasteiger partial charge in [0.25, 0.3) is 5.56 Å². The number of ether oxygens (including phenoxy) is 1. The molecule has 8 nitrogen and oxygen atoms in total. The van der Waals surface area contributed by atoms with Crippen molar-refractivity contribution in [1.82, 2.24) is 24.4 Å². The summed E-state index contributed by atoms with van der Waals surface area (Å²) in [4.78, 5) is 31.4. The third-order valence-electron chi connectivity index (χ3n) is 5.08. The van der Waals surface area contributed by atoms with Crippen molar-refractivity contribution >= 4 is 11.2 Å². The van der Waals surface area contributed by atoms with E-state index < -0.39 is 17.1 Å². The average molecular weight is 403 g/mol. The van der Waals surface area contributed by atoms with Gasteiger partial charge in [0, 0.05) is 19.6 Å². The molecular weight excluding hydrogens is 377 g/mol. The van der Waals surface area contributed by atoms with Gasteiger partial charge < -0.3 is 14.6 Å². The van der Waals surface area contributed by atoms with E-state index in [1.165, 1.54) is 17.7 Å². The van der Waals surface area contributed by atoms with Crippen molar-refractivity contribution in [2.45, 2.75) is 45.8 Å². The number of methoxy groups -OCH3 is 1. The summed E-state index contributed by atoms with van der Waals surface area (Å²) in [6.07, 6.45) is 1.73. The van der Waals surface area contributed by atoms with E-state index in [1.807, 2.05) is 13.8 Å². The highest BCUT2D eigenvalue weighted by molar-refractivity contribution is 5.70. The molecule has 0 radical (unpaired) electrons. The minimum absolute atomic E-state index is 0.157. The van der Waals surface area contributed by atoms with Crippen molar-refractivity contribution in [2.75, 3.05) is 7.11 Å². The molecule has 0 aliphatic heterocycles. The van der Waals surface area contributed by atoms with E-state index in [4.69, 9.17) is 4.74 Å². The second-order valence-corrected chi connectivity index (χ2v) is 7.02. The van der Waals surface area contributed by atoms with Gasteiger partial charge in [-0.2, -0.15) is 0 Å². The fourth-order valence-electron chi connectivity index (χ4n) is 3.29. The number of halogens is 1. The second-order valence-electron chi connectivity index (χ2n) is 7.02. The molecule has 0 saturated carbocycles. The molecule has 1 aromatic carbocycles. The van der Waals surface area contributed by atoms with E-state index in [0.29, 0.717) is 30.1 Å². The Labute approximate surface area is 167 Å². The van der Waals surface area contributed by atoms with Crippen LogP contribution < -0.4 is 21.3 Å². The van der Waals surface area contributed by atoms with Crippen LogP contribution in [-0.4, -0.2) is 26.2 Å². The maximum Gasteiger partial charge on any atom is 0.330 e. The molecule has 2 heterocycles. The van der Waals surface area contributed by atoms with Gasteiger partial charge in [-0.15, -0.1) is 0 Å². The number of imidazole rings is 1. The number of rotatable bonds is 8. The predicted molar refractivity (Wildman–Crippen MR) is 109 cm³/mol. The van der Waals surface area contributed by atoms with E-state index in [2.05, 4.69) is 15.3 Å². The first-order valence-corrected chi connectivity index (χ1v) is 9.62. The Balaban J connectivity index is 1.88. The molecule has 3 rings (SSSR count).